The Morgan fingerprint density at radius 2 is 1.88 bits per heavy atom. The first-order chi connectivity index (χ1) is 11.7. The van der Waals surface area contributed by atoms with Gasteiger partial charge in [-0.2, -0.15) is 5.26 Å². The second kappa shape index (κ2) is 8.77. The van der Waals surface area contributed by atoms with Gasteiger partial charge in [-0.25, -0.2) is 9.97 Å². The highest BCUT2D eigenvalue weighted by molar-refractivity contribution is 7.67. The molecule has 2 aromatic heterocycles. The van der Waals surface area contributed by atoms with Crippen molar-refractivity contribution >= 4 is 19.3 Å². The lowest BCUT2D eigenvalue weighted by Gasteiger charge is -2.39. The number of hydrogen-bond donors (Lipinski definition) is 2. The Labute approximate surface area is 144 Å². The predicted molar refractivity (Wildman–Crippen MR) is 96.3 cm³/mol. The summed E-state index contributed by atoms with van der Waals surface area (Å²) in [5.41, 5.74) is 1.36. The number of H-pyrrole nitrogens is 2. The summed E-state index contributed by atoms with van der Waals surface area (Å²) in [6.07, 6.45) is 11.6. The fourth-order valence-corrected chi connectivity index (χ4v) is 4.60. The molecule has 0 amide bonds. The van der Waals surface area contributed by atoms with Crippen molar-refractivity contribution in [3.63, 3.8) is 0 Å². The van der Waals surface area contributed by atoms with Crippen LogP contribution in [0.25, 0.3) is 0 Å². The van der Waals surface area contributed by atoms with Crippen LogP contribution in [0.5, 0.6) is 0 Å². The van der Waals surface area contributed by atoms with Crippen LogP contribution in [0, 0.1) is 16.7 Å². The third-order valence-corrected chi connectivity index (χ3v) is 6.23. The van der Waals surface area contributed by atoms with Crippen LogP contribution in [-0.4, -0.2) is 26.0 Å². The molecule has 0 radical (unpaired) electrons. The average Bonchev–Trinajstić information content (AvgIpc) is 3.30. The maximum Gasteiger partial charge on any atom is 0.167 e. The van der Waals surface area contributed by atoms with E-state index in [0.29, 0.717) is 6.42 Å². The van der Waals surface area contributed by atoms with Crippen molar-refractivity contribution in [3.05, 3.63) is 37.4 Å². The van der Waals surface area contributed by atoms with Crippen molar-refractivity contribution in [2.45, 2.75) is 45.6 Å². The zero-order valence-corrected chi connectivity index (χ0v) is 15.1. The first-order valence-electron chi connectivity index (χ1n) is 8.14. The lowest BCUT2D eigenvalue weighted by atomic mass is 9.73. The predicted octanol–water partition coefficient (Wildman–Crippen LogP) is 3.16. The molecular weight excluding hydrogens is 321 g/mol. The van der Waals surface area contributed by atoms with Gasteiger partial charge < -0.3 is 14.5 Å². The number of rotatable bonds is 10. The minimum atomic E-state index is -1.23. The smallest absolute Gasteiger partial charge is 0.167 e. The van der Waals surface area contributed by atoms with Gasteiger partial charge in [-0.15, -0.1) is 6.58 Å². The molecule has 24 heavy (non-hydrogen) atoms. The zero-order valence-electron chi connectivity index (χ0n) is 14.2. The molecule has 0 aliphatic rings. The molecule has 0 spiro atoms. The number of hydrogen-bond acceptors (Lipinski definition) is 4. The van der Waals surface area contributed by atoms with Gasteiger partial charge in [0.05, 0.1) is 18.6 Å². The van der Waals surface area contributed by atoms with E-state index in [2.05, 4.69) is 46.4 Å². The number of aromatic amines is 2. The second-order valence-corrected chi connectivity index (χ2v) is 7.29. The molecule has 0 aromatic carbocycles. The number of aromatic nitrogens is 4. The SMILES string of the molecule is C=CCC(CC)(CC)C(CC#N)OP(c1ncc[nH]1)c1ncc[nH]1. The Bertz CT molecular complexity index is 609. The highest BCUT2D eigenvalue weighted by atomic mass is 31.1. The van der Waals surface area contributed by atoms with Crippen molar-refractivity contribution in [2.24, 2.45) is 5.41 Å². The summed E-state index contributed by atoms with van der Waals surface area (Å²) >= 11 is 0. The molecule has 0 saturated heterocycles. The number of imidazole rings is 2. The van der Waals surface area contributed by atoms with E-state index >= 15 is 0 Å². The summed E-state index contributed by atoms with van der Waals surface area (Å²) in [4.78, 5) is 14.9. The van der Waals surface area contributed by atoms with E-state index in [4.69, 9.17) is 4.52 Å². The Morgan fingerprint density at radius 1 is 1.29 bits per heavy atom. The van der Waals surface area contributed by atoms with E-state index in [0.717, 1.165) is 30.4 Å². The number of nitrogens with zero attached hydrogens (tertiary/aromatic N) is 3. The fourth-order valence-electron chi connectivity index (χ4n) is 2.92. The van der Waals surface area contributed by atoms with E-state index in [1.807, 2.05) is 6.08 Å². The van der Waals surface area contributed by atoms with E-state index in [-0.39, 0.29) is 11.5 Å². The standard InChI is InChI=1S/C17H24N5OP/c1-4-8-17(5-2,6-3)14(7-9-18)23-24(15-19-10-11-20-15)16-21-12-13-22-16/h4,10-14H,1,5-8H2,2-3H3,(H,19,20)(H,21,22). The Kier molecular flexibility index (Phi) is 6.72. The highest BCUT2D eigenvalue weighted by Crippen LogP contribution is 2.45. The van der Waals surface area contributed by atoms with Crippen LogP contribution < -0.4 is 11.1 Å². The molecule has 0 aliphatic carbocycles. The van der Waals surface area contributed by atoms with Crippen molar-refractivity contribution in [1.29, 1.82) is 5.26 Å². The largest absolute Gasteiger partial charge is 0.343 e. The van der Waals surface area contributed by atoms with Crippen LogP contribution in [0.4, 0.5) is 0 Å². The average molecular weight is 345 g/mol. The summed E-state index contributed by atoms with van der Waals surface area (Å²) in [6, 6.07) is 2.29. The lowest BCUT2D eigenvalue weighted by Crippen LogP contribution is -2.37. The normalized spacial score (nSPS) is 12.9. The van der Waals surface area contributed by atoms with Gasteiger partial charge in [0.25, 0.3) is 0 Å². The van der Waals surface area contributed by atoms with E-state index in [9.17, 15) is 5.26 Å². The first-order valence-corrected chi connectivity index (χ1v) is 9.40. The molecule has 2 heterocycles. The molecule has 0 aliphatic heterocycles. The van der Waals surface area contributed by atoms with Crippen LogP contribution in [0.1, 0.15) is 39.5 Å². The van der Waals surface area contributed by atoms with E-state index in [1.54, 1.807) is 24.8 Å². The van der Waals surface area contributed by atoms with Gasteiger partial charge in [-0.1, -0.05) is 19.9 Å². The van der Waals surface area contributed by atoms with Gasteiger partial charge in [-0.05, 0) is 19.3 Å². The molecular formula is C17H24N5OP. The molecule has 6 nitrogen and oxygen atoms in total. The molecule has 7 heteroatoms. The Morgan fingerprint density at radius 3 is 2.25 bits per heavy atom. The van der Waals surface area contributed by atoms with Gasteiger partial charge in [0.2, 0.25) is 0 Å². The number of nitriles is 1. The van der Waals surface area contributed by atoms with E-state index < -0.39 is 8.15 Å². The lowest BCUT2D eigenvalue weighted by molar-refractivity contribution is 0.0547. The molecule has 1 unspecified atom stereocenters. The van der Waals surface area contributed by atoms with Crippen molar-refractivity contribution < 1.29 is 4.52 Å². The van der Waals surface area contributed by atoms with E-state index in [1.165, 1.54) is 0 Å². The topological polar surface area (TPSA) is 90.4 Å². The van der Waals surface area contributed by atoms with Crippen LogP contribution >= 0.6 is 8.15 Å². The third kappa shape index (κ3) is 3.92. The van der Waals surface area contributed by atoms with Gasteiger partial charge in [-0.3, -0.25) is 0 Å². The molecule has 1 atom stereocenters. The molecule has 2 N–H and O–H groups in total. The minimum absolute atomic E-state index is 0.114. The minimum Gasteiger partial charge on any atom is -0.343 e. The number of allylic oxidation sites excluding steroid dienone is 1. The zero-order chi connectivity index (χ0) is 17.4. The van der Waals surface area contributed by atoms with Crippen molar-refractivity contribution in [3.8, 4) is 6.07 Å². The number of nitrogens with one attached hydrogen (secondary N) is 2. The summed E-state index contributed by atoms with van der Waals surface area (Å²) in [7, 11) is -1.23. The molecule has 0 saturated carbocycles. The highest BCUT2D eigenvalue weighted by Gasteiger charge is 2.38. The molecule has 2 rings (SSSR count). The second-order valence-electron chi connectivity index (χ2n) is 5.64. The molecule has 128 valence electrons. The maximum atomic E-state index is 9.34. The van der Waals surface area contributed by atoms with Crippen LogP contribution in [0.3, 0.4) is 0 Å². The van der Waals surface area contributed by atoms with Gasteiger partial charge in [0, 0.05) is 30.2 Å². The maximum absolute atomic E-state index is 9.34. The third-order valence-electron chi connectivity index (χ3n) is 4.50. The Hall–Kier alpha value is -1.96. The van der Waals surface area contributed by atoms with Gasteiger partial charge in [0.1, 0.15) is 0 Å². The monoisotopic (exact) mass is 345 g/mol. The molecule has 0 bridgehead atoms. The van der Waals surface area contributed by atoms with Gasteiger partial charge in [0.15, 0.2) is 19.3 Å². The van der Waals surface area contributed by atoms with Crippen molar-refractivity contribution in [2.75, 3.05) is 0 Å². The van der Waals surface area contributed by atoms with Crippen LogP contribution in [-0.2, 0) is 4.52 Å². The van der Waals surface area contributed by atoms with Gasteiger partial charge >= 0.3 is 0 Å². The summed E-state index contributed by atoms with van der Waals surface area (Å²) < 4.78 is 6.49. The first kappa shape index (κ1) is 18.4. The quantitative estimate of drug-likeness (QED) is 0.511. The summed E-state index contributed by atoms with van der Waals surface area (Å²) in [5.74, 6) is 0. The molecule has 2 aromatic rings. The van der Waals surface area contributed by atoms with Crippen LogP contribution in [0.15, 0.2) is 37.4 Å². The molecule has 0 fully saturated rings. The summed E-state index contributed by atoms with van der Waals surface area (Å²) in [5, 5.41) is 9.34. The van der Waals surface area contributed by atoms with Crippen LogP contribution in [0.2, 0.25) is 0 Å². The Balaban J connectivity index is 2.35. The fraction of sp³-hybridized carbons (Fsp3) is 0.471. The van der Waals surface area contributed by atoms with Crippen molar-refractivity contribution in [1.82, 2.24) is 19.9 Å². The summed E-state index contributed by atoms with van der Waals surface area (Å²) in [6.45, 7) is 8.18.